The van der Waals surface area contributed by atoms with Crippen LogP contribution in [0.4, 0.5) is 0 Å². The van der Waals surface area contributed by atoms with Crippen molar-refractivity contribution in [3.63, 3.8) is 0 Å². The monoisotopic (exact) mass is 288 g/mol. The van der Waals surface area contributed by atoms with E-state index in [2.05, 4.69) is 0 Å². The molecule has 2 aromatic rings. The third kappa shape index (κ3) is 2.05. The van der Waals surface area contributed by atoms with Crippen LogP contribution in [0.2, 0.25) is 0 Å². The maximum atomic E-state index is 12.2. The lowest BCUT2D eigenvalue weighted by atomic mass is 9.93. The average molecular weight is 288 g/mol. The Morgan fingerprint density at radius 1 is 0.952 bits per heavy atom. The lowest BCUT2D eigenvalue weighted by Crippen LogP contribution is -2.36. The summed E-state index contributed by atoms with van der Waals surface area (Å²) in [4.78, 5) is 12.2. The first kappa shape index (κ1) is 13.3. The average Bonchev–Trinajstić information content (AvgIpc) is 2.48. The lowest BCUT2D eigenvalue weighted by Gasteiger charge is -2.30. The summed E-state index contributed by atoms with van der Waals surface area (Å²) in [6.07, 6.45) is -2.47. The number of aromatic hydroxyl groups is 3. The molecule has 1 heterocycles. The number of aliphatic hydroxyl groups excluding tert-OH is 1. The highest BCUT2D eigenvalue weighted by Crippen LogP contribution is 2.45. The highest BCUT2D eigenvalue weighted by atomic mass is 16.5. The third-order valence-electron chi connectivity index (χ3n) is 3.40. The number of phenols is 3. The topological polar surface area (TPSA) is 107 Å². The molecule has 0 aliphatic carbocycles. The predicted octanol–water partition coefficient (Wildman–Crippen LogP) is 1.48. The second kappa shape index (κ2) is 4.68. The van der Waals surface area contributed by atoms with Crippen molar-refractivity contribution >= 4 is 5.78 Å². The van der Waals surface area contributed by atoms with E-state index in [9.17, 15) is 25.2 Å². The van der Waals surface area contributed by atoms with Gasteiger partial charge in [0, 0.05) is 0 Å². The van der Waals surface area contributed by atoms with Gasteiger partial charge in [0.2, 0.25) is 5.75 Å². The van der Waals surface area contributed by atoms with Crippen molar-refractivity contribution in [2.75, 3.05) is 0 Å². The van der Waals surface area contributed by atoms with Gasteiger partial charge in [-0.15, -0.1) is 0 Å². The fraction of sp³-hybridized carbons (Fsp3) is 0.133. The summed E-state index contributed by atoms with van der Waals surface area (Å²) in [7, 11) is 0. The van der Waals surface area contributed by atoms with Gasteiger partial charge in [0.25, 0.3) is 0 Å². The number of hydrogen-bond donors (Lipinski definition) is 4. The van der Waals surface area contributed by atoms with Crippen LogP contribution in [0.25, 0.3) is 0 Å². The standard InChI is InChI=1S/C15H12O6/c16-8-3-1-7(2-4-8)14-13(20)11(18)9-5-6-10(17)12(19)15(9)21-14/h1-6,13-14,16-17,19-20H/t13-,14+/m0/s1. The molecule has 0 aromatic heterocycles. The molecule has 1 aliphatic rings. The zero-order chi connectivity index (χ0) is 15.1. The highest BCUT2D eigenvalue weighted by Gasteiger charge is 2.38. The van der Waals surface area contributed by atoms with E-state index in [0.717, 1.165) is 6.07 Å². The number of carbonyl (C=O) groups is 1. The number of aliphatic hydroxyl groups is 1. The fourth-order valence-electron chi connectivity index (χ4n) is 2.28. The van der Waals surface area contributed by atoms with E-state index >= 15 is 0 Å². The van der Waals surface area contributed by atoms with Crippen molar-refractivity contribution in [2.45, 2.75) is 12.2 Å². The first-order valence-corrected chi connectivity index (χ1v) is 6.22. The predicted molar refractivity (Wildman–Crippen MR) is 71.6 cm³/mol. The number of ether oxygens (including phenoxy) is 1. The molecule has 21 heavy (non-hydrogen) atoms. The Balaban J connectivity index is 2.08. The van der Waals surface area contributed by atoms with E-state index < -0.39 is 29.5 Å². The summed E-state index contributed by atoms with van der Waals surface area (Å²) >= 11 is 0. The van der Waals surface area contributed by atoms with Crippen LogP contribution in [0, 0.1) is 0 Å². The summed E-state index contributed by atoms with van der Waals surface area (Å²) in [6.45, 7) is 0. The van der Waals surface area contributed by atoms with Crippen LogP contribution in [0.15, 0.2) is 36.4 Å². The van der Waals surface area contributed by atoms with E-state index in [4.69, 9.17) is 4.74 Å². The van der Waals surface area contributed by atoms with Gasteiger partial charge in [-0.05, 0) is 29.8 Å². The van der Waals surface area contributed by atoms with Crippen LogP contribution in [0.1, 0.15) is 22.0 Å². The third-order valence-corrected chi connectivity index (χ3v) is 3.40. The molecule has 1 aliphatic heterocycles. The second-order valence-electron chi connectivity index (χ2n) is 4.75. The normalized spacial score (nSPS) is 20.7. The van der Waals surface area contributed by atoms with Crippen LogP contribution < -0.4 is 4.74 Å². The Morgan fingerprint density at radius 2 is 1.62 bits per heavy atom. The molecule has 3 rings (SSSR count). The van der Waals surface area contributed by atoms with Gasteiger partial charge < -0.3 is 25.2 Å². The Hall–Kier alpha value is -2.73. The molecular formula is C15H12O6. The summed E-state index contributed by atoms with van der Waals surface area (Å²) in [5.41, 5.74) is 0.467. The minimum atomic E-state index is -1.44. The molecule has 0 fully saturated rings. The molecule has 0 amide bonds. The molecule has 0 spiro atoms. The highest BCUT2D eigenvalue weighted by molar-refractivity contribution is 6.04. The number of rotatable bonds is 1. The Labute approximate surface area is 119 Å². The van der Waals surface area contributed by atoms with E-state index in [0.29, 0.717) is 5.56 Å². The van der Waals surface area contributed by atoms with Gasteiger partial charge in [0.15, 0.2) is 29.5 Å². The van der Waals surface area contributed by atoms with Crippen LogP contribution >= 0.6 is 0 Å². The molecule has 6 heteroatoms. The van der Waals surface area contributed by atoms with Crippen molar-refractivity contribution < 1.29 is 30.0 Å². The van der Waals surface area contributed by atoms with Gasteiger partial charge in [0.05, 0.1) is 5.56 Å². The summed E-state index contributed by atoms with van der Waals surface area (Å²) in [5, 5.41) is 38.6. The second-order valence-corrected chi connectivity index (χ2v) is 4.75. The van der Waals surface area contributed by atoms with Crippen LogP contribution in [-0.2, 0) is 0 Å². The Morgan fingerprint density at radius 3 is 2.29 bits per heavy atom. The summed E-state index contributed by atoms with van der Waals surface area (Å²) < 4.78 is 5.49. The van der Waals surface area contributed by atoms with Gasteiger partial charge in [-0.3, -0.25) is 4.79 Å². The van der Waals surface area contributed by atoms with Gasteiger partial charge in [0.1, 0.15) is 5.75 Å². The first-order chi connectivity index (χ1) is 9.99. The molecule has 0 bridgehead atoms. The van der Waals surface area contributed by atoms with Gasteiger partial charge in [-0.2, -0.15) is 0 Å². The largest absolute Gasteiger partial charge is 0.508 e. The van der Waals surface area contributed by atoms with Gasteiger partial charge in [-0.1, -0.05) is 12.1 Å². The van der Waals surface area contributed by atoms with Crippen molar-refractivity contribution in [3.8, 4) is 23.0 Å². The molecular weight excluding hydrogens is 276 g/mol. The van der Waals surface area contributed by atoms with Gasteiger partial charge in [-0.25, -0.2) is 0 Å². The molecule has 0 radical (unpaired) electrons. The molecule has 0 saturated heterocycles. The van der Waals surface area contributed by atoms with Crippen molar-refractivity contribution in [3.05, 3.63) is 47.5 Å². The number of carbonyl (C=O) groups excluding carboxylic acids is 1. The number of benzene rings is 2. The Kier molecular flexibility index (Phi) is 2.95. The van der Waals surface area contributed by atoms with Crippen molar-refractivity contribution in [1.29, 1.82) is 0 Å². The van der Waals surface area contributed by atoms with E-state index in [-0.39, 0.29) is 17.1 Å². The lowest BCUT2D eigenvalue weighted by molar-refractivity contribution is 0.0203. The zero-order valence-electron chi connectivity index (χ0n) is 10.7. The number of Topliss-reactive ketones (excluding diaryl/α,β-unsaturated/α-hetero) is 1. The zero-order valence-corrected chi connectivity index (χ0v) is 10.7. The number of phenolic OH excluding ortho intramolecular Hbond substituents is 3. The minimum absolute atomic E-state index is 0.00725. The SMILES string of the molecule is O=C1c2ccc(O)c(O)c2O[C@H](c2ccc(O)cc2)[C@H]1O. The first-order valence-electron chi connectivity index (χ1n) is 6.22. The molecule has 6 nitrogen and oxygen atoms in total. The number of ketones is 1. The number of fused-ring (bicyclic) bond motifs is 1. The van der Waals surface area contributed by atoms with E-state index in [1.54, 1.807) is 0 Å². The van der Waals surface area contributed by atoms with Gasteiger partial charge >= 0.3 is 0 Å². The summed E-state index contributed by atoms with van der Waals surface area (Å²) in [6, 6.07) is 8.23. The molecule has 0 unspecified atom stereocenters. The minimum Gasteiger partial charge on any atom is -0.508 e. The fourth-order valence-corrected chi connectivity index (χ4v) is 2.28. The molecule has 4 N–H and O–H groups in total. The van der Waals surface area contributed by atoms with E-state index in [1.807, 2.05) is 0 Å². The molecule has 0 saturated carbocycles. The molecule has 2 aromatic carbocycles. The Bertz CT molecular complexity index is 707. The van der Waals surface area contributed by atoms with Crippen LogP contribution in [0.5, 0.6) is 23.0 Å². The quantitative estimate of drug-likeness (QED) is 0.592. The number of hydrogen-bond acceptors (Lipinski definition) is 6. The smallest absolute Gasteiger partial charge is 0.201 e. The van der Waals surface area contributed by atoms with Crippen molar-refractivity contribution in [2.24, 2.45) is 0 Å². The molecule has 2 atom stereocenters. The maximum Gasteiger partial charge on any atom is 0.201 e. The summed E-state index contributed by atoms with van der Waals surface area (Å²) in [5.74, 6) is -1.69. The van der Waals surface area contributed by atoms with Crippen molar-refractivity contribution in [1.82, 2.24) is 0 Å². The molecule has 108 valence electrons. The van der Waals surface area contributed by atoms with Crippen LogP contribution in [0.3, 0.4) is 0 Å². The van der Waals surface area contributed by atoms with Crippen LogP contribution in [-0.4, -0.2) is 32.3 Å². The maximum absolute atomic E-state index is 12.2. The van der Waals surface area contributed by atoms with E-state index in [1.165, 1.54) is 30.3 Å².